The van der Waals surface area contributed by atoms with Crippen LogP contribution in [0.25, 0.3) is 0 Å². The molecule has 134 valence electrons. The monoisotopic (exact) mass is 359 g/mol. The molecule has 1 heterocycles. The van der Waals surface area contributed by atoms with E-state index in [-0.39, 0.29) is 17.9 Å². The van der Waals surface area contributed by atoms with E-state index in [4.69, 9.17) is 9.05 Å². The quantitative estimate of drug-likeness (QED) is 0.482. The van der Waals surface area contributed by atoms with Crippen LogP contribution in [0.15, 0.2) is 24.3 Å². The van der Waals surface area contributed by atoms with Gasteiger partial charge < -0.3 is 14.8 Å². The summed E-state index contributed by atoms with van der Waals surface area (Å²) >= 11 is 0. The van der Waals surface area contributed by atoms with Crippen LogP contribution in [-0.4, -0.2) is 32.1 Å². The highest BCUT2D eigenvalue weighted by atomic mass is 31.2. The molecule has 1 aliphatic heterocycles. The number of nitro benzene ring substituents is 1. The summed E-state index contributed by atoms with van der Waals surface area (Å²) in [6, 6.07) is 4.71. The smallest absolute Gasteiger partial charge is 0.527 e. The van der Waals surface area contributed by atoms with Crippen molar-refractivity contribution in [1.29, 1.82) is 0 Å². The van der Waals surface area contributed by atoms with Crippen molar-refractivity contribution >= 4 is 13.5 Å². The zero-order chi connectivity index (χ0) is 18.3. The minimum Gasteiger partial charge on any atom is -0.784 e. The average Bonchev–Trinajstić information content (AvgIpc) is 2.58. The standard InChI is InChI=1S/C14H20N2O7P/c1-13(2)9-12(14(3,4)16(13)19)23-24(20,21)22-11-7-5-10(6-8-11)15(17)18/h5-8,12H,9H2,1-4H3,(H,20,21)/q-1. The summed E-state index contributed by atoms with van der Waals surface area (Å²) in [5, 5.41) is 23.7. The van der Waals surface area contributed by atoms with Crippen molar-refractivity contribution in [1.82, 2.24) is 5.06 Å². The maximum absolute atomic E-state index is 12.3. The molecule has 0 radical (unpaired) electrons. The highest BCUT2D eigenvalue weighted by molar-refractivity contribution is 7.47. The van der Waals surface area contributed by atoms with Gasteiger partial charge in [-0.15, -0.1) is 0 Å². The molecule has 0 amide bonds. The van der Waals surface area contributed by atoms with Gasteiger partial charge >= 0.3 is 7.82 Å². The molecule has 0 bridgehead atoms. The van der Waals surface area contributed by atoms with Crippen LogP contribution < -0.4 is 4.52 Å². The van der Waals surface area contributed by atoms with Crippen molar-refractivity contribution in [2.75, 3.05) is 0 Å². The van der Waals surface area contributed by atoms with Gasteiger partial charge in [0.1, 0.15) is 5.75 Å². The van der Waals surface area contributed by atoms with E-state index in [1.807, 2.05) is 0 Å². The number of non-ortho nitro benzene ring substituents is 1. The Bertz CT molecular complexity index is 674. The number of phosphoric ester groups is 1. The van der Waals surface area contributed by atoms with Crippen LogP contribution in [0.5, 0.6) is 5.75 Å². The molecule has 0 saturated carbocycles. The first-order chi connectivity index (χ1) is 10.8. The van der Waals surface area contributed by atoms with Crippen LogP contribution in [-0.2, 0) is 9.09 Å². The number of hydrogen-bond acceptors (Lipinski definition) is 7. The molecule has 9 nitrogen and oxygen atoms in total. The van der Waals surface area contributed by atoms with Crippen LogP contribution in [0.4, 0.5) is 5.69 Å². The zero-order valence-corrected chi connectivity index (χ0v) is 14.7. The lowest BCUT2D eigenvalue weighted by Gasteiger charge is -2.46. The lowest BCUT2D eigenvalue weighted by Crippen LogP contribution is -2.47. The fraction of sp³-hybridized carbons (Fsp3) is 0.571. The number of nitro groups is 1. The molecule has 0 aliphatic carbocycles. The maximum atomic E-state index is 12.3. The summed E-state index contributed by atoms with van der Waals surface area (Å²) in [7, 11) is -4.50. The van der Waals surface area contributed by atoms with Gasteiger partial charge in [0.25, 0.3) is 5.69 Å². The summed E-state index contributed by atoms with van der Waals surface area (Å²) < 4.78 is 22.4. The largest absolute Gasteiger partial charge is 0.784 e. The first-order valence-corrected chi connectivity index (χ1v) is 8.77. The highest BCUT2D eigenvalue weighted by Gasteiger charge is 2.50. The first-order valence-electron chi connectivity index (χ1n) is 7.28. The third-order valence-corrected chi connectivity index (χ3v) is 5.04. The lowest BCUT2D eigenvalue weighted by molar-refractivity contribution is -0.384. The number of rotatable bonds is 5. The number of nitrogens with zero attached hydrogens (tertiary/aromatic N) is 2. The van der Waals surface area contributed by atoms with Gasteiger partial charge in [0.2, 0.25) is 0 Å². The predicted octanol–water partition coefficient (Wildman–Crippen LogP) is 3.22. The molecule has 2 atom stereocenters. The van der Waals surface area contributed by atoms with E-state index in [2.05, 4.69) is 0 Å². The second-order valence-electron chi connectivity index (χ2n) is 6.87. The fourth-order valence-electron chi connectivity index (χ4n) is 2.81. The molecule has 1 aromatic carbocycles. The lowest BCUT2D eigenvalue weighted by atomic mass is 9.97. The Hall–Kier alpha value is -1.51. The minimum absolute atomic E-state index is 0.0412. The van der Waals surface area contributed by atoms with Gasteiger partial charge in [0.05, 0.1) is 11.0 Å². The Morgan fingerprint density at radius 3 is 2.25 bits per heavy atom. The molecule has 2 rings (SSSR count). The summed E-state index contributed by atoms with van der Waals surface area (Å²) in [5.41, 5.74) is -1.90. The van der Waals surface area contributed by atoms with E-state index < -0.39 is 29.9 Å². The fourth-order valence-corrected chi connectivity index (χ4v) is 3.89. The van der Waals surface area contributed by atoms with Crippen molar-refractivity contribution < 1.29 is 23.4 Å². The number of phosphoric acid groups is 1. The molecule has 1 fully saturated rings. The van der Waals surface area contributed by atoms with Crippen LogP contribution in [0.1, 0.15) is 34.1 Å². The van der Waals surface area contributed by atoms with Gasteiger partial charge in [-0.3, -0.25) is 19.5 Å². The topological polar surface area (TPSA) is 125 Å². The number of hydroxylamine groups is 2. The normalized spacial score (nSPS) is 25.2. The van der Waals surface area contributed by atoms with Gasteiger partial charge in [0.15, 0.2) is 0 Å². The SMILES string of the molecule is CC1(C)CC(OP(=O)(O)Oc2ccc([N+](=O)[O-])cc2)C(C)(C)N1[O-]. The summed E-state index contributed by atoms with van der Waals surface area (Å²) in [4.78, 5) is 20.0. The third kappa shape index (κ3) is 3.76. The molecule has 1 aromatic rings. The van der Waals surface area contributed by atoms with Gasteiger partial charge in [-0.25, -0.2) is 4.57 Å². The molecule has 10 heteroatoms. The molecule has 1 saturated heterocycles. The molecule has 2 unspecified atom stereocenters. The van der Waals surface area contributed by atoms with E-state index >= 15 is 0 Å². The third-order valence-electron chi connectivity index (χ3n) is 4.07. The Kier molecular flexibility index (Phi) is 4.78. The van der Waals surface area contributed by atoms with Gasteiger partial charge in [0, 0.05) is 23.2 Å². The Morgan fingerprint density at radius 1 is 1.29 bits per heavy atom. The van der Waals surface area contributed by atoms with Crippen LogP contribution in [0, 0.1) is 15.3 Å². The molecule has 1 aliphatic rings. The summed E-state index contributed by atoms with van der Waals surface area (Å²) in [6.07, 6.45) is -0.545. The minimum atomic E-state index is -4.50. The van der Waals surface area contributed by atoms with E-state index in [0.717, 1.165) is 17.2 Å². The van der Waals surface area contributed by atoms with E-state index in [9.17, 15) is 24.8 Å². The Labute approximate surface area is 139 Å². The van der Waals surface area contributed by atoms with E-state index in [0.29, 0.717) is 0 Å². The molecule has 0 spiro atoms. The zero-order valence-electron chi connectivity index (χ0n) is 13.8. The van der Waals surface area contributed by atoms with Crippen molar-refractivity contribution in [3.63, 3.8) is 0 Å². The van der Waals surface area contributed by atoms with Crippen LogP contribution in [0.3, 0.4) is 0 Å². The summed E-state index contributed by atoms with van der Waals surface area (Å²) in [5.74, 6) is -0.0412. The van der Waals surface area contributed by atoms with Crippen molar-refractivity contribution in [3.8, 4) is 5.75 Å². The first kappa shape index (κ1) is 18.8. The van der Waals surface area contributed by atoms with E-state index in [1.54, 1.807) is 27.7 Å². The summed E-state index contributed by atoms with van der Waals surface area (Å²) in [6.45, 7) is 6.71. The molecular weight excluding hydrogens is 339 g/mol. The number of benzene rings is 1. The van der Waals surface area contributed by atoms with Crippen molar-refractivity contribution in [2.45, 2.75) is 51.3 Å². The molecule has 1 N–H and O–H groups in total. The maximum Gasteiger partial charge on any atom is 0.527 e. The average molecular weight is 359 g/mol. The van der Waals surface area contributed by atoms with Gasteiger partial charge in [-0.2, -0.15) is 0 Å². The number of hydrogen-bond donors (Lipinski definition) is 1. The van der Waals surface area contributed by atoms with Crippen molar-refractivity contribution in [2.24, 2.45) is 0 Å². The molecular formula is C14H20N2O7P-. The Morgan fingerprint density at radius 2 is 1.83 bits per heavy atom. The van der Waals surface area contributed by atoms with E-state index in [1.165, 1.54) is 12.1 Å². The molecule has 24 heavy (non-hydrogen) atoms. The van der Waals surface area contributed by atoms with Crippen LogP contribution >= 0.6 is 7.82 Å². The Balaban J connectivity index is 2.11. The second-order valence-corrected chi connectivity index (χ2v) is 8.20. The van der Waals surface area contributed by atoms with Crippen molar-refractivity contribution in [3.05, 3.63) is 39.6 Å². The predicted molar refractivity (Wildman–Crippen MR) is 86.4 cm³/mol. The highest BCUT2D eigenvalue weighted by Crippen LogP contribution is 2.51. The molecule has 0 aromatic heterocycles. The van der Waals surface area contributed by atoms with Crippen LogP contribution in [0.2, 0.25) is 0 Å². The second kappa shape index (κ2) is 6.09. The van der Waals surface area contributed by atoms with Gasteiger partial charge in [-0.1, -0.05) is 0 Å². The van der Waals surface area contributed by atoms with Gasteiger partial charge in [-0.05, 0) is 46.2 Å².